The third kappa shape index (κ3) is 2.70. The van der Waals surface area contributed by atoms with E-state index in [2.05, 4.69) is 59.9 Å². The second-order valence-corrected chi connectivity index (χ2v) is 5.24. The Labute approximate surface area is 120 Å². The number of nitrogens with one attached hydrogen (secondary N) is 1. The highest BCUT2D eigenvalue weighted by Crippen LogP contribution is 2.37. The van der Waals surface area contributed by atoms with Crippen molar-refractivity contribution in [1.82, 2.24) is 5.32 Å². The average molecular weight is 267 g/mol. The van der Waals surface area contributed by atoms with Gasteiger partial charge < -0.3 is 10.1 Å². The van der Waals surface area contributed by atoms with Crippen LogP contribution in [0.5, 0.6) is 5.75 Å². The van der Waals surface area contributed by atoms with Gasteiger partial charge in [0.1, 0.15) is 5.75 Å². The lowest BCUT2D eigenvalue weighted by Gasteiger charge is -2.20. The van der Waals surface area contributed by atoms with Gasteiger partial charge in [-0.25, -0.2) is 0 Å². The molecule has 2 nitrogen and oxygen atoms in total. The van der Waals surface area contributed by atoms with E-state index in [1.54, 1.807) is 0 Å². The highest BCUT2D eigenvalue weighted by molar-refractivity contribution is 5.33. The molecule has 0 aromatic heterocycles. The van der Waals surface area contributed by atoms with Gasteiger partial charge in [-0.1, -0.05) is 42.5 Å². The lowest BCUT2D eigenvalue weighted by molar-refractivity contribution is 0.340. The summed E-state index contributed by atoms with van der Waals surface area (Å²) < 4.78 is 5.51. The van der Waals surface area contributed by atoms with Crippen LogP contribution in [0.15, 0.2) is 54.6 Å². The number of hydrogen-bond donors (Lipinski definition) is 1. The Morgan fingerprint density at radius 2 is 1.75 bits per heavy atom. The third-order valence-electron chi connectivity index (χ3n) is 4.00. The Balaban J connectivity index is 1.81. The summed E-state index contributed by atoms with van der Waals surface area (Å²) >= 11 is 0. The summed E-state index contributed by atoms with van der Waals surface area (Å²) in [5, 5.41) is 3.63. The van der Waals surface area contributed by atoms with Gasteiger partial charge in [0.2, 0.25) is 0 Å². The van der Waals surface area contributed by atoms with Crippen molar-refractivity contribution in [2.45, 2.75) is 25.3 Å². The molecule has 0 amide bonds. The molecule has 2 aromatic carbocycles. The minimum atomic E-state index is 0.410. The van der Waals surface area contributed by atoms with E-state index >= 15 is 0 Å². The van der Waals surface area contributed by atoms with Crippen LogP contribution in [0.1, 0.15) is 36.4 Å². The zero-order valence-corrected chi connectivity index (χ0v) is 11.9. The Hall–Kier alpha value is -1.80. The van der Waals surface area contributed by atoms with Crippen molar-refractivity contribution in [1.29, 1.82) is 0 Å². The molecule has 1 fully saturated rings. The van der Waals surface area contributed by atoms with E-state index in [4.69, 9.17) is 4.74 Å². The lowest BCUT2D eigenvalue weighted by atomic mass is 9.88. The number of benzene rings is 2. The quantitative estimate of drug-likeness (QED) is 0.907. The maximum Gasteiger partial charge on any atom is 0.119 e. The van der Waals surface area contributed by atoms with E-state index in [1.165, 1.54) is 17.5 Å². The summed E-state index contributed by atoms with van der Waals surface area (Å²) in [6.07, 6.45) is 1.20. The Morgan fingerprint density at radius 3 is 2.45 bits per heavy atom. The SMILES string of the molecule is CCOc1ccc(C2NCCC2c2ccccc2)cc1. The monoisotopic (exact) mass is 267 g/mol. The lowest BCUT2D eigenvalue weighted by Crippen LogP contribution is -2.16. The molecular formula is C18H21NO. The largest absolute Gasteiger partial charge is 0.494 e. The maximum absolute atomic E-state index is 5.51. The predicted octanol–water partition coefficient (Wildman–Crippen LogP) is 3.90. The molecule has 104 valence electrons. The first-order valence-corrected chi connectivity index (χ1v) is 7.39. The smallest absolute Gasteiger partial charge is 0.119 e. The first kappa shape index (κ1) is 13.2. The van der Waals surface area contributed by atoms with Crippen LogP contribution in [-0.4, -0.2) is 13.2 Å². The first-order chi connectivity index (χ1) is 9.88. The zero-order chi connectivity index (χ0) is 13.8. The van der Waals surface area contributed by atoms with Crippen LogP contribution in [0.25, 0.3) is 0 Å². The van der Waals surface area contributed by atoms with Crippen molar-refractivity contribution in [3.05, 3.63) is 65.7 Å². The van der Waals surface area contributed by atoms with Gasteiger partial charge in [-0.3, -0.25) is 0 Å². The third-order valence-corrected chi connectivity index (χ3v) is 4.00. The van der Waals surface area contributed by atoms with Crippen molar-refractivity contribution in [3.8, 4) is 5.75 Å². The Kier molecular flexibility index (Phi) is 4.03. The molecule has 0 radical (unpaired) electrons. The van der Waals surface area contributed by atoms with E-state index in [0.29, 0.717) is 18.6 Å². The number of rotatable bonds is 4. The molecule has 0 bridgehead atoms. The van der Waals surface area contributed by atoms with Crippen LogP contribution in [0, 0.1) is 0 Å². The van der Waals surface area contributed by atoms with Gasteiger partial charge in [-0.15, -0.1) is 0 Å². The average Bonchev–Trinajstić information content (AvgIpc) is 2.99. The van der Waals surface area contributed by atoms with Crippen LogP contribution >= 0.6 is 0 Å². The second kappa shape index (κ2) is 6.10. The molecule has 1 heterocycles. The van der Waals surface area contributed by atoms with E-state index in [9.17, 15) is 0 Å². The van der Waals surface area contributed by atoms with Crippen LogP contribution in [0.3, 0.4) is 0 Å². The summed E-state index contributed by atoms with van der Waals surface area (Å²) in [6.45, 7) is 3.81. The van der Waals surface area contributed by atoms with Crippen molar-refractivity contribution in [2.24, 2.45) is 0 Å². The van der Waals surface area contributed by atoms with E-state index in [-0.39, 0.29) is 0 Å². The zero-order valence-electron chi connectivity index (χ0n) is 11.9. The molecular weight excluding hydrogens is 246 g/mol. The van der Waals surface area contributed by atoms with Crippen molar-refractivity contribution < 1.29 is 4.74 Å². The highest BCUT2D eigenvalue weighted by atomic mass is 16.5. The molecule has 2 heteroatoms. The molecule has 2 unspecified atom stereocenters. The fraction of sp³-hybridized carbons (Fsp3) is 0.333. The van der Waals surface area contributed by atoms with Crippen LogP contribution < -0.4 is 10.1 Å². The standard InChI is InChI=1S/C18H21NO/c1-2-20-16-10-8-15(9-11-16)18-17(12-13-19-18)14-6-4-3-5-7-14/h3-11,17-19H,2,12-13H2,1H3. The van der Waals surface area contributed by atoms with Gasteiger partial charge in [0.05, 0.1) is 6.61 Å². The van der Waals surface area contributed by atoms with Gasteiger partial charge in [-0.2, -0.15) is 0 Å². The first-order valence-electron chi connectivity index (χ1n) is 7.39. The van der Waals surface area contributed by atoms with Crippen LogP contribution in [0.4, 0.5) is 0 Å². The number of hydrogen-bond acceptors (Lipinski definition) is 2. The molecule has 1 saturated heterocycles. The van der Waals surface area contributed by atoms with Gasteiger partial charge in [0.25, 0.3) is 0 Å². The van der Waals surface area contributed by atoms with Crippen LogP contribution in [0.2, 0.25) is 0 Å². The molecule has 0 aliphatic carbocycles. The van der Waals surface area contributed by atoms with Gasteiger partial charge in [0.15, 0.2) is 0 Å². The normalized spacial score (nSPS) is 21.9. The maximum atomic E-state index is 5.51. The van der Waals surface area contributed by atoms with Crippen molar-refractivity contribution in [3.63, 3.8) is 0 Å². The summed E-state index contributed by atoms with van der Waals surface area (Å²) in [4.78, 5) is 0. The van der Waals surface area contributed by atoms with Crippen molar-refractivity contribution in [2.75, 3.05) is 13.2 Å². The molecule has 3 rings (SSSR count). The summed E-state index contributed by atoms with van der Waals surface area (Å²) in [5.74, 6) is 1.51. The highest BCUT2D eigenvalue weighted by Gasteiger charge is 2.29. The fourth-order valence-corrected chi connectivity index (χ4v) is 3.05. The molecule has 1 N–H and O–H groups in total. The van der Waals surface area contributed by atoms with Gasteiger partial charge in [-0.05, 0) is 43.1 Å². The fourth-order valence-electron chi connectivity index (χ4n) is 3.05. The Morgan fingerprint density at radius 1 is 1.00 bits per heavy atom. The molecule has 1 aliphatic heterocycles. The number of ether oxygens (including phenoxy) is 1. The molecule has 0 saturated carbocycles. The molecule has 2 atom stereocenters. The molecule has 20 heavy (non-hydrogen) atoms. The van der Waals surface area contributed by atoms with Crippen LogP contribution in [-0.2, 0) is 0 Å². The topological polar surface area (TPSA) is 21.3 Å². The van der Waals surface area contributed by atoms with Gasteiger partial charge in [0, 0.05) is 12.0 Å². The molecule has 2 aromatic rings. The molecule has 0 spiro atoms. The minimum Gasteiger partial charge on any atom is -0.494 e. The second-order valence-electron chi connectivity index (χ2n) is 5.24. The minimum absolute atomic E-state index is 0.410. The summed E-state index contributed by atoms with van der Waals surface area (Å²) in [5.41, 5.74) is 2.77. The summed E-state index contributed by atoms with van der Waals surface area (Å²) in [6, 6.07) is 19.7. The Bertz CT molecular complexity index is 535. The van der Waals surface area contributed by atoms with Gasteiger partial charge >= 0.3 is 0 Å². The predicted molar refractivity (Wildman–Crippen MR) is 82.2 cm³/mol. The summed E-state index contributed by atoms with van der Waals surface area (Å²) in [7, 11) is 0. The van der Waals surface area contributed by atoms with Crippen molar-refractivity contribution >= 4 is 0 Å². The van der Waals surface area contributed by atoms with E-state index in [1.807, 2.05) is 6.92 Å². The van der Waals surface area contributed by atoms with E-state index < -0.39 is 0 Å². The van der Waals surface area contributed by atoms with E-state index in [0.717, 1.165) is 12.3 Å². The molecule has 1 aliphatic rings.